The highest BCUT2D eigenvalue weighted by Gasteiger charge is 2.25. The molecule has 2 nitrogen and oxygen atoms in total. The number of nitrogens with zero attached hydrogens (tertiary/aromatic N) is 1. The Morgan fingerprint density at radius 3 is 2.61 bits per heavy atom. The van der Waals surface area contributed by atoms with E-state index in [0.717, 1.165) is 12.5 Å². The molecule has 0 radical (unpaired) electrons. The third kappa shape index (κ3) is 3.55. The summed E-state index contributed by atoms with van der Waals surface area (Å²) in [5, 5.41) is 3.75. The molecule has 0 amide bonds. The van der Waals surface area contributed by atoms with E-state index < -0.39 is 0 Å². The van der Waals surface area contributed by atoms with E-state index in [1.54, 1.807) is 0 Å². The normalized spacial score (nSPS) is 19.2. The summed E-state index contributed by atoms with van der Waals surface area (Å²) in [6.07, 6.45) is 10.7. The van der Waals surface area contributed by atoms with Gasteiger partial charge in [0.05, 0.1) is 0 Å². The van der Waals surface area contributed by atoms with Gasteiger partial charge in [-0.25, -0.2) is 0 Å². The number of pyridine rings is 1. The van der Waals surface area contributed by atoms with Crippen molar-refractivity contribution in [1.29, 1.82) is 0 Å². The first-order valence-corrected chi connectivity index (χ1v) is 7.44. The van der Waals surface area contributed by atoms with Gasteiger partial charge in [0.15, 0.2) is 0 Å². The Hall–Kier alpha value is -0.890. The van der Waals surface area contributed by atoms with Gasteiger partial charge in [-0.05, 0) is 48.9 Å². The average molecular weight is 246 g/mol. The molecule has 0 aliphatic heterocycles. The fraction of sp³-hybridized carbons (Fsp3) is 0.688. The zero-order chi connectivity index (χ0) is 12.8. The van der Waals surface area contributed by atoms with Crippen LogP contribution in [0.1, 0.15) is 57.4 Å². The molecule has 100 valence electrons. The Kier molecular flexibility index (Phi) is 5.18. The lowest BCUT2D eigenvalue weighted by molar-refractivity contribution is 0.247. The van der Waals surface area contributed by atoms with E-state index in [4.69, 9.17) is 0 Å². The van der Waals surface area contributed by atoms with E-state index in [2.05, 4.69) is 36.3 Å². The van der Waals surface area contributed by atoms with Crippen LogP contribution in [-0.2, 0) is 0 Å². The van der Waals surface area contributed by atoms with Gasteiger partial charge in [-0.2, -0.15) is 0 Å². The van der Waals surface area contributed by atoms with Crippen LogP contribution in [0.4, 0.5) is 0 Å². The Balaban J connectivity index is 1.97. The van der Waals surface area contributed by atoms with Gasteiger partial charge < -0.3 is 5.32 Å². The van der Waals surface area contributed by atoms with Crippen LogP contribution in [0.3, 0.4) is 0 Å². The highest BCUT2D eigenvalue weighted by molar-refractivity contribution is 5.17. The van der Waals surface area contributed by atoms with Crippen molar-refractivity contribution in [1.82, 2.24) is 10.3 Å². The summed E-state index contributed by atoms with van der Waals surface area (Å²) in [6, 6.07) is 4.94. The number of nitrogens with one attached hydrogen (secondary N) is 1. The van der Waals surface area contributed by atoms with E-state index in [1.165, 1.54) is 37.7 Å². The smallest absolute Gasteiger partial charge is 0.0270 e. The van der Waals surface area contributed by atoms with Crippen LogP contribution in [0.25, 0.3) is 0 Å². The van der Waals surface area contributed by atoms with Gasteiger partial charge in [-0.3, -0.25) is 4.98 Å². The predicted octanol–water partition coefficient (Wildman–Crippen LogP) is 3.74. The molecule has 0 saturated heterocycles. The molecule has 2 heteroatoms. The minimum atomic E-state index is 0.583. The van der Waals surface area contributed by atoms with Crippen molar-refractivity contribution in [2.45, 2.75) is 57.9 Å². The van der Waals surface area contributed by atoms with Crippen molar-refractivity contribution in [3.05, 3.63) is 30.1 Å². The summed E-state index contributed by atoms with van der Waals surface area (Å²) >= 11 is 0. The second kappa shape index (κ2) is 6.89. The summed E-state index contributed by atoms with van der Waals surface area (Å²) in [5.74, 6) is 1.55. The van der Waals surface area contributed by atoms with Crippen molar-refractivity contribution < 1.29 is 0 Å². The molecule has 1 saturated carbocycles. The molecule has 1 fully saturated rings. The summed E-state index contributed by atoms with van der Waals surface area (Å²) < 4.78 is 0. The Morgan fingerprint density at radius 1 is 1.33 bits per heavy atom. The van der Waals surface area contributed by atoms with Gasteiger partial charge >= 0.3 is 0 Å². The lowest BCUT2D eigenvalue weighted by Crippen LogP contribution is -2.37. The molecule has 0 bridgehead atoms. The molecule has 1 aliphatic carbocycles. The zero-order valence-electron chi connectivity index (χ0n) is 11.7. The minimum absolute atomic E-state index is 0.583. The molecule has 0 spiro atoms. The molecule has 2 rings (SSSR count). The summed E-state index contributed by atoms with van der Waals surface area (Å²) in [4.78, 5) is 4.12. The Morgan fingerprint density at radius 2 is 2.06 bits per heavy atom. The SMILES string of the molecule is CCCNC(CC1CCC1)C(C)c1ccncc1. The number of aromatic nitrogens is 1. The largest absolute Gasteiger partial charge is 0.313 e. The van der Waals surface area contributed by atoms with Crippen LogP contribution in [0.2, 0.25) is 0 Å². The molecule has 1 aromatic heterocycles. The third-order valence-corrected chi connectivity index (χ3v) is 4.30. The van der Waals surface area contributed by atoms with E-state index >= 15 is 0 Å². The molecule has 1 aliphatic rings. The molecular weight excluding hydrogens is 220 g/mol. The number of rotatable bonds is 7. The second-order valence-electron chi connectivity index (χ2n) is 5.66. The lowest BCUT2D eigenvalue weighted by atomic mass is 9.77. The molecule has 2 atom stereocenters. The molecular formula is C16H26N2. The first kappa shape index (κ1) is 13.5. The Bertz CT molecular complexity index is 332. The number of hydrogen-bond acceptors (Lipinski definition) is 2. The topological polar surface area (TPSA) is 24.9 Å². The van der Waals surface area contributed by atoms with E-state index in [9.17, 15) is 0 Å². The zero-order valence-corrected chi connectivity index (χ0v) is 11.7. The first-order chi connectivity index (χ1) is 8.81. The van der Waals surface area contributed by atoms with Crippen LogP contribution in [0.5, 0.6) is 0 Å². The summed E-state index contributed by atoms with van der Waals surface area (Å²) in [5.41, 5.74) is 1.41. The predicted molar refractivity (Wildman–Crippen MR) is 76.7 cm³/mol. The van der Waals surface area contributed by atoms with Crippen LogP contribution in [0.15, 0.2) is 24.5 Å². The third-order valence-electron chi connectivity index (χ3n) is 4.30. The first-order valence-electron chi connectivity index (χ1n) is 7.44. The van der Waals surface area contributed by atoms with Crippen molar-refractivity contribution in [3.8, 4) is 0 Å². The maximum atomic E-state index is 4.12. The van der Waals surface area contributed by atoms with Gasteiger partial charge in [-0.15, -0.1) is 0 Å². The number of hydrogen-bond donors (Lipinski definition) is 1. The molecule has 2 unspecified atom stereocenters. The van der Waals surface area contributed by atoms with Crippen molar-refractivity contribution in [2.75, 3.05) is 6.54 Å². The quantitative estimate of drug-likeness (QED) is 0.792. The molecule has 1 heterocycles. The van der Waals surface area contributed by atoms with Crippen LogP contribution in [-0.4, -0.2) is 17.6 Å². The van der Waals surface area contributed by atoms with Crippen LogP contribution >= 0.6 is 0 Å². The fourth-order valence-electron chi connectivity index (χ4n) is 2.78. The minimum Gasteiger partial charge on any atom is -0.313 e. The van der Waals surface area contributed by atoms with Crippen LogP contribution in [0, 0.1) is 5.92 Å². The maximum absolute atomic E-state index is 4.12. The monoisotopic (exact) mass is 246 g/mol. The average Bonchev–Trinajstić information content (AvgIpc) is 2.37. The van der Waals surface area contributed by atoms with Crippen molar-refractivity contribution in [3.63, 3.8) is 0 Å². The molecule has 1 aromatic rings. The Labute approximate surface area is 111 Å². The van der Waals surface area contributed by atoms with Crippen molar-refractivity contribution in [2.24, 2.45) is 5.92 Å². The molecule has 0 aromatic carbocycles. The van der Waals surface area contributed by atoms with Gasteiger partial charge in [0.2, 0.25) is 0 Å². The highest BCUT2D eigenvalue weighted by atomic mass is 14.9. The van der Waals surface area contributed by atoms with Gasteiger partial charge in [0.25, 0.3) is 0 Å². The molecule has 1 N–H and O–H groups in total. The van der Waals surface area contributed by atoms with Crippen LogP contribution < -0.4 is 5.32 Å². The van der Waals surface area contributed by atoms with Gasteiger partial charge in [0.1, 0.15) is 0 Å². The molecule has 18 heavy (non-hydrogen) atoms. The standard InChI is InChI=1S/C16H26N2/c1-3-9-18-16(12-14-5-4-6-14)13(2)15-7-10-17-11-8-15/h7-8,10-11,13-14,16,18H,3-6,9,12H2,1-2H3. The maximum Gasteiger partial charge on any atom is 0.0270 e. The van der Waals surface area contributed by atoms with E-state index in [0.29, 0.717) is 12.0 Å². The lowest BCUT2D eigenvalue weighted by Gasteiger charge is -2.33. The fourth-order valence-corrected chi connectivity index (χ4v) is 2.78. The second-order valence-corrected chi connectivity index (χ2v) is 5.66. The van der Waals surface area contributed by atoms with Gasteiger partial charge in [0, 0.05) is 18.4 Å². The summed E-state index contributed by atoms with van der Waals surface area (Å²) in [7, 11) is 0. The van der Waals surface area contributed by atoms with Crippen molar-refractivity contribution >= 4 is 0 Å². The summed E-state index contributed by atoms with van der Waals surface area (Å²) in [6.45, 7) is 5.72. The van der Waals surface area contributed by atoms with E-state index in [1.807, 2.05) is 12.4 Å². The van der Waals surface area contributed by atoms with E-state index in [-0.39, 0.29) is 0 Å². The highest BCUT2D eigenvalue weighted by Crippen LogP contribution is 2.33. The van der Waals surface area contributed by atoms with Gasteiger partial charge in [-0.1, -0.05) is 33.1 Å².